The Morgan fingerprint density at radius 1 is 1.02 bits per heavy atom. The summed E-state index contributed by atoms with van der Waals surface area (Å²) in [5, 5.41) is 6.55. The van der Waals surface area contributed by atoms with Gasteiger partial charge in [0.1, 0.15) is 0 Å². The van der Waals surface area contributed by atoms with Crippen LogP contribution in [0.2, 0.25) is 0 Å². The van der Waals surface area contributed by atoms with Gasteiger partial charge in [0.05, 0.1) is 12.5 Å². The molecule has 5 aliphatic rings. The van der Waals surface area contributed by atoms with Crippen molar-refractivity contribution in [2.24, 2.45) is 44.8 Å². The fraction of sp³-hybridized carbons (Fsp3) is 0.788. The summed E-state index contributed by atoms with van der Waals surface area (Å²) in [6.07, 6.45) is 3.50. The number of rotatable bonds is 1. The zero-order chi connectivity index (χ0) is 30.2. The Balaban J connectivity index is 1.49. The van der Waals surface area contributed by atoms with Crippen molar-refractivity contribution in [3.63, 3.8) is 0 Å². The fourth-order valence-corrected chi connectivity index (χ4v) is 11.3. The first kappa shape index (κ1) is 29.0. The topological polar surface area (TPSA) is 72.1 Å². The van der Waals surface area contributed by atoms with Gasteiger partial charge in [0.2, 0.25) is 0 Å². The maximum atomic E-state index is 14.6. The minimum absolute atomic E-state index is 0.00356. The van der Waals surface area contributed by atoms with Gasteiger partial charge < -0.3 is 4.74 Å². The molecule has 0 bridgehead atoms. The first-order valence-electron chi connectivity index (χ1n) is 15.3. The second-order valence-electron chi connectivity index (χ2n) is 16.1. The number of methoxy groups -OCH3 is 1. The summed E-state index contributed by atoms with van der Waals surface area (Å²) in [6.45, 7) is 15.0. The summed E-state index contributed by atoms with van der Waals surface area (Å²) in [6, 6.07) is 0. The molecule has 1 aromatic heterocycles. The number of nitrogens with zero attached hydrogens (tertiary/aromatic N) is 1. The molecule has 5 nitrogen and oxygen atoms in total. The SMILES string of the molecule is COC(=O)[C@@]1(C)CC[C@]2(C)CC[C@]3(C)C(=CC(=O)[C@@H]4[C@@]5(C)Cc6c(C(F)(F)F)n[nH]c6C(C)(C)[C@@H]5CC[C@]43C)[C@H]2C1. The third-order valence-electron chi connectivity index (χ3n) is 13.7. The van der Waals surface area contributed by atoms with Crippen LogP contribution >= 0.6 is 0 Å². The number of alkyl halides is 3. The number of carbonyl (C=O) groups excluding carboxylic acids is 2. The normalized spacial score (nSPS) is 44.9. The molecule has 0 unspecified atom stereocenters. The van der Waals surface area contributed by atoms with Crippen LogP contribution in [0, 0.1) is 44.8 Å². The molecule has 0 spiro atoms. The van der Waals surface area contributed by atoms with Gasteiger partial charge in [-0.2, -0.15) is 18.3 Å². The van der Waals surface area contributed by atoms with Crippen molar-refractivity contribution in [3.05, 3.63) is 28.6 Å². The number of aromatic nitrogens is 2. The van der Waals surface area contributed by atoms with Crippen LogP contribution in [0.4, 0.5) is 13.2 Å². The first-order chi connectivity index (χ1) is 18.8. The van der Waals surface area contributed by atoms with E-state index in [0.717, 1.165) is 38.5 Å². The number of ether oxygens (including phenoxy) is 1. The lowest BCUT2D eigenvalue weighted by Crippen LogP contribution is -2.66. The van der Waals surface area contributed by atoms with Crippen LogP contribution in [0.25, 0.3) is 0 Å². The van der Waals surface area contributed by atoms with Crippen molar-refractivity contribution in [1.82, 2.24) is 10.2 Å². The number of hydrogen-bond acceptors (Lipinski definition) is 4. The molecule has 8 atom stereocenters. The van der Waals surface area contributed by atoms with Gasteiger partial charge in [-0.1, -0.05) is 47.1 Å². The predicted molar refractivity (Wildman–Crippen MR) is 149 cm³/mol. The molecule has 5 aliphatic carbocycles. The zero-order valence-corrected chi connectivity index (χ0v) is 25.8. The molecule has 0 aromatic carbocycles. The molecule has 1 aromatic rings. The maximum Gasteiger partial charge on any atom is 0.435 e. The fourth-order valence-electron chi connectivity index (χ4n) is 11.3. The summed E-state index contributed by atoms with van der Waals surface area (Å²) in [5.41, 5.74) is -1.38. The molecule has 0 amide bonds. The van der Waals surface area contributed by atoms with E-state index in [4.69, 9.17) is 4.74 Å². The van der Waals surface area contributed by atoms with Crippen LogP contribution in [0.1, 0.15) is 110 Å². The average Bonchev–Trinajstić information content (AvgIpc) is 3.30. The highest BCUT2D eigenvalue weighted by Gasteiger charge is 2.70. The zero-order valence-electron chi connectivity index (χ0n) is 25.8. The van der Waals surface area contributed by atoms with Gasteiger partial charge in [-0.05, 0) is 97.9 Å². The smallest absolute Gasteiger partial charge is 0.435 e. The van der Waals surface area contributed by atoms with Gasteiger partial charge in [-0.25, -0.2) is 0 Å². The van der Waals surface area contributed by atoms with Crippen molar-refractivity contribution < 1.29 is 27.5 Å². The van der Waals surface area contributed by atoms with Crippen LogP contribution in [0.15, 0.2) is 11.6 Å². The monoisotopic (exact) mass is 574 g/mol. The molecule has 0 saturated heterocycles. The summed E-state index contributed by atoms with van der Waals surface area (Å²) >= 11 is 0. The number of H-pyrrole nitrogens is 1. The molecular formula is C33H45F3N2O3. The van der Waals surface area contributed by atoms with E-state index in [1.165, 1.54) is 12.7 Å². The van der Waals surface area contributed by atoms with Crippen LogP contribution < -0.4 is 0 Å². The Kier molecular flexibility index (Phi) is 5.85. The Bertz CT molecular complexity index is 1360. The van der Waals surface area contributed by atoms with E-state index >= 15 is 0 Å². The lowest BCUT2D eigenvalue weighted by atomic mass is 9.33. The number of hydrogen-bond donors (Lipinski definition) is 1. The van der Waals surface area contributed by atoms with Gasteiger partial charge in [0.15, 0.2) is 11.5 Å². The first-order valence-corrected chi connectivity index (χ1v) is 15.3. The van der Waals surface area contributed by atoms with Crippen molar-refractivity contribution in [3.8, 4) is 0 Å². The highest BCUT2D eigenvalue weighted by atomic mass is 19.4. The van der Waals surface area contributed by atoms with E-state index in [1.807, 2.05) is 26.8 Å². The summed E-state index contributed by atoms with van der Waals surface area (Å²) in [5.74, 6) is -0.404. The number of ketones is 1. The van der Waals surface area contributed by atoms with Crippen molar-refractivity contribution in [2.75, 3.05) is 7.11 Å². The number of halogens is 3. The number of carbonyl (C=O) groups is 2. The van der Waals surface area contributed by atoms with E-state index in [9.17, 15) is 22.8 Å². The predicted octanol–water partition coefficient (Wildman–Crippen LogP) is 7.60. The molecule has 1 heterocycles. The highest BCUT2D eigenvalue weighted by molar-refractivity contribution is 5.96. The van der Waals surface area contributed by atoms with Crippen molar-refractivity contribution in [2.45, 2.75) is 111 Å². The second kappa shape index (κ2) is 8.28. The Hall–Kier alpha value is -2.12. The number of nitrogens with one attached hydrogen (secondary N) is 1. The van der Waals surface area contributed by atoms with Crippen LogP contribution in [0.5, 0.6) is 0 Å². The van der Waals surface area contributed by atoms with Gasteiger partial charge >= 0.3 is 12.1 Å². The van der Waals surface area contributed by atoms with E-state index in [1.54, 1.807) is 0 Å². The molecule has 6 rings (SSSR count). The minimum Gasteiger partial charge on any atom is -0.469 e. The quantitative estimate of drug-likeness (QED) is 0.351. The largest absolute Gasteiger partial charge is 0.469 e. The lowest BCUT2D eigenvalue weighted by Gasteiger charge is -2.70. The molecule has 3 fully saturated rings. The maximum absolute atomic E-state index is 14.6. The van der Waals surface area contributed by atoms with Crippen LogP contribution in [-0.2, 0) is 32.3 Å². The van der Waals surface area contributed by atoms with E-state index in [2.05, 4.69) is 37.9 Å². The molecule has 41 heavy (non-hydrogen) atoms. The summed E-state index contributed by atoms with van der Waals surface area (Å²) in [7, 11) is 1.45. The molecule has 0 aliphatic heterocycles. The number of aromatic amines is 1. The Morgan fingerprint density at radius 3 is 2.32 bits per heavy atom. The standard InChI is InChI=1S/C33H45F3N2O3/c1-27(2)22-9-10-32(7)23(30(22,5)16-18-24(27)37-38-25(18)33(34,35)36)21(39)15-19-20-17-29(4,26(40)41-8)12-11-28(20,3)13-14-31(19,32)6/h15,20,22-23H,9-14,16-17H2,1-8H3,(H,37,38)/t20-,22+,23-,28-,29+,30+,31-,32-/m1/s1. The van der Waals surface area contributed by atoms with Gasteiger partial charge in [-0.3, -0.25) is 14.7 Å². The van der Waals surface area contributed by atoms with Gasteiger partial charge in [0, 0.05) is 22.6 Å². The molecule has 3 saturated carbocycles. The Labute approximate surface area is 241 Å². The van der Waals surface area contributed by atoms with Crippen LogP contribution in [0.3, 0.4) is 0 Å². The Morgan fingerprint density at radius 2 is 1.68 bits per heavy atom. The van der Waals surface area contributed by atoms with Gasteiger partial charge in [0.25, 0.3) is 0 Å². The van der Waals surface area contributed by atoms with E-state index in [0.29, 0.717) is 12.1 Å². The van der Waals surface area contributed by atoms with Crippen molar-refractivity contribution >= 4 is 11.8 Å². The summed E-state index contributed by atoms with van der Waals surface area (Å²) in [4.78, 5) is 27.5. The average molecular weight is 575 g/mol. The third kappa shape index (κ3) is 3.51. The molecule has 8 heteroatoms. The molecular weight excluding hydrogens is 529 g/mol. The number of esters is 1. The van der Waals surface area contributed by atoms with Gasteiger partial charge in [-0.15, -0.1) is 0 Å². The van der Waals surface area contributed by atoms with Crippen molar-refractivity contribution in [1.29, 1.82) is 0 Å². The molecule has 0 radical (unpaired) electrons. The van der Waals surface area contributed by atoms with E-state index < -0.39 is 39.4 Å². The highest BCUT2D eigenvalue weighted by Crippen LogP contribution is 2.75. The lowest BCUT2D eigenvalue weighted by molar-refractivity contribution is -0.174. The van der Waals surface area contributed by atoms with Crippen LogP contribution in [-0.4, -0.2) is 29.1 Å². The second-order valence-corrected chi connectivity index (χ2v) is 16.1. The number of allylic oxidation sites excluding steroid dienone is 2. The third-order valence-corrected chi connectivity index (χ3v) is 13.7. The minimum atomic E-state index is -4.56. The summed E-state index contributed by atoms with van der Waals surface area (Å²) < 4.78 is 47.6. The molecule has 226 valence electrons. The molecule has 1 N–H and O–H groups in total. The number of fused-ring (bicyclic) bond motifs is 8. The van der Waals surface area contributed by atoms with E-state index in [-0.39, 0.29) is 46.4 Å².